The minimum Gasteiger partial charge on any atom is -0.391 e. The van der Waals surface area contributed by atoms with Gasteiger partial charge < -0.3 is 5.11 Å². The molecule has 5 heteroatoms. The van der Waals surface area contributed by atoms with E-state index in [4.69, 9.17) is 0 Å². The number of sulfonamides is 1. The standard InChI is InChI=1S/C16H25NO3S/c1-3-16(18)15-9-4-5-10-17(15)21(19,20)12-14-8-6-7-13(2)11-14/h6-8,11,15-16,18H,3-5,9-10,12H2,1-2H3. The summed E-state index contributed by atoms with van der Waals surface area (Å²) in [5.74, 6) is 0.0155. The molecule has 2 rings (SSSR count). The van der Waals surface area contributed by atoms with Gasteiger partial charge in [-0.1, -0.05) is 43.2 Å². The Labute approximate surface area is 127 Å². The first-order valence-corrected chi connectivity index (χ1v) is 9.28. The van der Waals surface area contributed by atoms with Crippen LogP contribution in [-0.2, 0) is 15.8 Å². The van der Waals surface area contributed by atoms with Crippen molar-refractivity contribution in [3.8, 4) is 0 Å². The van der Waals surface area contributed by atoms with E-state index in [2.05, 4.69) is 0 Å². The average molecular weight is 311 g/mol. The molecule has 0 bridgehead atoms. The van der Waals surface area contributed by atoms with Crippen molar-refractivity contribution in [3.05, 3.63) is 35.4 Å². The van der Waals surface area contributed by atoms with Crippen LogP contribution in [-0.4, -0.2) is 36.5 Å². The number of hydrogen-bond acceptors (Lipinski definition) is 3. The molecule has 1 fully saturated rings. The molecule has 2 unspecified atom stereocenters. The van der Waals surface area contributed by atoms with Gasteiger partial charge in [-0.3, -0.25) is 0 Å². The van der Waals surface area contributed by atoms with Gasteiger partial charge in [0.2, 0.25) is 10.0 Å². The highest BCUT2D eigenvalue weighted by Gasteiger charge is 2.35. The van der Waals surface area contributed by atoms with E-state index >= 15 is 0 Å². The molecular weight excluding hydrogens is 286 g/mol. The van der Waals surface area contributed by atoms with Crippen LogP contribution in [0.15, 0.2) is 24.3 Å². The molecule has 1 aliphatic heterocycles. The number of hydrogen-bond donors (Lipinski definition) is 1. The first-order valence-electron chi connectivity index (χ1n) is 7.67. The Balaban J connectivity index is 2.20. The topological polar surface area (TPSA) is 57.6 Å². The Morgan fingerprint density at radius 1 is 1.38 bits per heavy atom. The summed E-state index contributed by atoms with van der Waals surface area (Å²) in [6.07, 6.45) is 2.62. The van der Waals surface area contributed by atoms with E-state index < -0.39 is 16.1 Å². The number of benzene rings is 1. The maximum absolute atomic E-state index is 12.7. The van der Waals surface area contributed by atoms with Crippen molar-refractivity contribution in [1.82, 2.24) is 4.31 Å². The highest BCUT2D eigenvalue weighted by molar-refractivity contribution is 7.88. The Bertz CT molecular complexity index is 571. The third kappa shape index (κ3) is 4.05. The lowest BCUT2D eigenvalue weighted by Gasteiger charge is -2.37. The van der Waals surface area contributed by atoms with Crippen LogP contribution >= 0.6 is 0 Å². The number of rotatable bonds is 5. The first-order chi connectivity index (χ1) is 9.94. The van der Waals surface area contributed by atoms with Crippen LogP contribution in [0.1, 0.15) is 43.7 Å². The molecule has 1 aliphatic rings. The number of aliphatic hydroxyl groups excluding tert-OH is 1. The molecule has 0 aliphatic carbocycles. The summed E-state index contributed by atoms with van der Waals surface area (Å²) >= 11 is 0. The predicted molar refractivity (Wildman–Crippen MR) is 84.4 cm³/mol. The molecule has 0 radical (unpaired) electrons. The van der Waals surface area contributed by atoms with Gasteiger partial charge in [0.15, 0.2) is 0 Å². The summed E-state index contributed by atoms with van der Waals surface area (Å²) in [6.45, 7) is 4.38. The van der Waals surface area contributed by atoms with E-state index in [1.165, 1.54) is 4.31 Å². The number of nitrogens with zero attached hydrogens (tertiary/aromatic N) is 1. The van der Waals surface area contributed by atoms with Gasteiger partial charge in [-0.25, -0.2) is 8.42 Å². The Hall–Kier alpha value is -0.910. The van der Waals surface area contributed by atoms with Crippen molar-refractivity contribution in [2.45, 2.75) is 57.4 Å². The third-order valence-electron chi connectivity index (χ3n) is 4.15. The molecular formula is C16H25NO3S. The maximum atomic E-state index is 12.7. The van der Waals surface area contributed by atoms with Gasteiger partial charge in [-0.15, -0.1) is 0 Å². The lowest BCUT2D eigenvalue weighted by atomic mass is 9.98. The van der Waals surface area contributed by atoms with Crippen molar-refractivity contribution in [2.75, 3.05) is 6.54 Å². The summed E-state index contributed by atoms with van der Waals surface area (Å²) in [4.78, 5) is 0. The van der Waals surface area contributed by atoms with Crippen molar-refractivity contribution in [1.29, 1.82) is 0 Å². The quantitative estimate of drug-likeness (QED) is 0.908. The summed E-state index contributed by atoms with van der Waals surface area (Å²) in [6, 6.07) is 7.33. The lowest BCUT2D eigenvalue weighted by Crippen LogP contribution is -2.49. The molecule has 0 spiro atoms. The molecule has 21 heavy (non-hydrogen) atoms. The van der Waals surface area contributed by atoms with Crippen LogP contribution in [0.3, 0.4) is 0 Å². The summed E-state index contributed by atoms with van der Waals surface area (Å²) in [5.41, 5.74) is 1.87. The summed E-state index contributed by atoms with van der Waals surface area (Å²) in [7, 11) is -3.38. The van der Waals surface area contributed by atoms with Gasteiger partial charge in [0.25, 0.3) is 0 Å². The smallest absolute Gasteiger partial charge is 0.218 e. The first kappa shape index (κ1) is 16.5. The fraction of sp³-hybridized carbons (Fsp3) is 0.625. The van der Waals surface area contributed by atoms with Gasteiger partial charge in [-0.2, -0.15) is 4.31 Å². The van der Waals surface area contributed by atoms with Gasteiger partial charge >= 0.3 is 0 Å². The lowest BCUT2D eigenvalue weighted by molar-refractivity contribution is 0.0666. The SMILES string of the molecule is CCC(O)C1CCCCN1S(=O)(=O)Cc1cccc(C)c1. The largest absolute Gasteiger partial charge is 0.391 e. The highest BCUT2D eigenvalue weighted by atomic mass is 32.2. The van der Waals surface area contributed by atoms with E-state index in [0.29, 0.717) is 13.0 Å². The molecule has 118 valence electrons. The Morgan fingerprint density at radius 3 is 2.81 bits per heavy atom. The van der Waals surface area contributed by atoms with Crippen molar-refractivity contribution >= 4 is 10.0 Å². The molecule has 1 heterocycles. The van der Waals surface area contributed by atoms with E-state index in [0.717, 1.165) is 30.4 Å². The Kier molecular flexibility index (Phi) is 5.41. The van der Waals surface area contributed by atoms with Crippen LogP contribution in [0.4, 0.5) is 0 Å². The van der Waals surface area contributed by atoms with E-state index in [1.54, 1.807) is 0 Å². The maximum Gasteiger partial charge on any atom is 0.218 e. The fourth-order valence-electron chi connectivity index (χ4n) is 3.03. The minimum absolute atomic E-state index is 0.0155. The number of aliphatic hydroxyl groups is 1. The van der Waals surface area contributed by atoms with Crippen LogP contribution in [0.5, 0.6) is 0 Å². The molecule has 1 saturated heterocycles. The van der Waals surface area contributed by atoms with E-state index in [9.17, 15) is 13.5 Å². The molecule has 2 atom stereocenters. The van der Waals surface area contributed by atoms with Crippen molar-refractivity contribution < 1.29 is 13.5 Å². The van der Waals surface area contributed by atoms with Gasteiger partial charge in [0.05, 0.1) is 17.9 Å². The van der Waals surface area contributed by atoms with E-state index in [-0.39, 0.29) is 11.8 Å². The minimum atomic E-state index is -3.38. The van der Waals surface area contributed by atoms with Gasteiger partial charge in [-0.05, 0) is 31.7 Å². The normalized spacial score (nSPS) is 22.1. The van der Waals surface area contributed by atoms with Crippen LogP contribution in [0.2, 0.25) is 0 Å². The van der Waals surface area contributed by atoms with Crippen LogP contribution in [0, 0.1) is 6.92 Å². The molecule has 1 aromatic rings. The second-order valence-corrected chi connectivity index (χ2v) is 7.82. The molecule has 0 saturated carbocycles. The number of aryl methyl sites for hydroxylation is 1. The van der Waals surface area contributed by atoms with Crippen molar-refractivity contribution in [2.24, 2.45) is 0 Å². The van der Waals surface area contributed by atoms with Gasteiger partial charge in [0, 0.05) is 6.54 Å². The fourth-order valence-corrected chi connectivity index (χ4v) is 4.86. The average Bonchev–Trinajstić information content (AvgIpc) is 2.46. The highest BCUT2D eigenvalue weighted by Crippen LogP contribution is 2.26. The second-order valence-electron chi connectivity index (χ2n) is 5.89. The zero-order valence-electron chi connectivity index (χ0n) is 12.8. The molecule has 0 amide bonds. The molecule has 1 N–H and O–H groups in total. The van der Waals surface area contributed by atoms with E-state index in [1.807, 2.05) is 38.1 Å². The third-order valence-corrected chi connectivity index (χ3v) is 6.02. The van der Waals surface area contributed by atoms with Crippen LogP contribution in [0.25, 0.3) is 0 Å². The van der Waals surface area contributed by atoms with Crippen molar-refractivity contribution in [3.63, 3.8) is 0 Å². The summed E-state index contributed by atoms with van der Waals surface area (Å²) in [5, 5.41) is 10.1. The van der Waals surface area contributed by atoms with Crippen LogP contribution < -0.4 is 0 Å². The zero-order valence-corrected chi connectivity index (χ0v) is 13.6. The second kappa shape index (κ2) is 6.90. The zero-order chi connectivity index (χ0) is 15.5. The summed E-state index contributed by atoms with van der Waals surface area (Å²) < 4.78 is 27.0. The predicted octanol–water partition coefficient (Wildman–Crippen LogP) is 2.45. The molecule has 4 nitrogen and oxygen atoms in total. The molecule has 1 aromatic carbocycles. The van der Waals surface area contributed by atoms with Gasteiger partial charge in [0.1, 0.15) is 0 Å². The number of piperidine rings is 1. The monoisotopic (exact) mass is 311 g/mol. The molecule has 0 aromatic heterocycles. The Morgan fingerprint density at radius 2 is 2.14 bits per heavy atom.